The average molecular weight is 1150 g/mol. The molecule has 0 spiro atoms. The molecule has 4 atom stereocenters. The van der Waals surface area contributed by atoms with E-state index in [0.29, 0.717) is 32.0 Å². The van der Waals surface area contributed by atoms with E-state index in [-0.39, 0.29) is 122 Å². The van der Waals surface area contributed by atoms with Crippen LogP contribution >= 0.6 is 0 Å². The molecule has 0 bridgehead atoms. The molecule has 2 unspecified atom stereocenters. The number of aliphatic hydroxyl groups excluding tert-OH is 1. The summed E-state index contributed by atoms with van der Waals surface area (Å²) in [6, 6.07) is 9.01. The van der Waals surface area contributed by atoms with Gasteiger partial charge in [-0.05, 0) is 66.9 Å². The van der Waals surface area contributed by atoms with Gasteiger partial charge in [-0.2, -0.15) is 0 Å². The van der Waals surface area contributed by atoms with E-state index in [0.717, 1.165) is 40.8 Å². The fourth-order valence-electron chi connectivity index (χ4n) is 8.85. The second-order valence-electron chi connectivity index (χ2n) is 20.7. The van der Waals surface area contributed by atoms with Gasteiger partial charge in [0, 0.05) is 68.4 Å². The van der Waals surface area contributed by atoms with Crippen LogP contribution in [0, 0.1) is 28.9 Å². The number of hydrogen-bond donors (Lipinski definition) is 7. The first-order valence-corrected chi connectivity index (χ1v) is 27.5. The lowest BCUT2D eigenvalue weighted by Gasteiger charge is -2.42. The number of hydrogen-bond acceptors (Lipinski definition) is 15. The molecule has 452 valence electrons. The van der Waals surface area contributed by atoms with E-state index < -0.39 is 95.1 Å². The molecule has 23 nitrogen and oxygen atoms in total. The molecule has 82 heavy (non-hydrogen) atoms. The number of imide groups is 1. The number of aliphatic imine (C=N–C) groups is 1. The van der Waals surface area contributed by atoms with E-state index in [1.807, 2.05) is 51.1 Å². The Hall–Kier alpha value is -7.03. The molecular weight excluding hydrogens is 1070 g/mol. The Kier molecular flexibility index (Phi) is 29.4. The zero-order valence-corrected chi connectivity index (χ0v) is 47.5. The van der Waals surface area contributed by atoms with Crippen molar-refractivity contribution < 1.29 is 75.9 Å². The monoisotopic (exact) mass is 1150 g/mol. The number of nitrogens with two attached hydrogens (primary N) is 1. The number of halogens is 2. The number of rotatable bonds is 39. The lowest BCUT2D eigenvalue weighted by atomic mass is 9.77. The van der Waals surface area contributed by atoms with Gasteiger partial charge in [0.15, 0.2) is 0 Å². The van der Waals surface area contributed by atoms with Crippen molar-refractivity contribution in [3.05, 3.63) is 89.5 Å². The van der Waals surface area contributed by atoms with Crippen LogP contribution in [0.3, 0.4) is 0 Å². The van der Waals surface area contributed by atoms with Gasteiger partial charge in [-0.3, -0.25) is 43.5 Å². The van der Waals surface area contributed by atoms with E-state index in [1.54, 1.807) is 19.9 Å². The quantitative estimate of drug-likeness (QED) is 0.0287. The predicted octanol–water partition coefficient (Wildman–Crippen LogP) is 2.30. The van der Waals surface area contributed by atoms with Crippen LogP contribution in [0.5, 0.6) is 0 Å². The smallest absolute Gasteiger partial charge is 0.312 e. The third-order valence-corrected chi connectivity index (χ3v) is 12.9. The van der Waals surface area contributed by atoms with Crippen LogP contribution in [0.15, 0.2) is 71.8 Å². The lowest BCUT2D eigenvalue weighted by molar-refractivity contribution is -0.138. The first kappa shape index (κ1) is 67.5. The predicted molar refractivity (Wildman–Crippen MR) is 298 cm³/mol. The van der Waals surface area contributed by atoms with Gasteiger partial charge in [-0.1, -0.05) is 65.0 Å². The maximum absolute atomic E-state index is 15.2. The van der Waals surface area contributed by atoms with Crippen LogP contribution in [-0.4, -0.2) is 185 Å². The Labute approximate surface area is 477 Å². The van der Waals surface area contributed by atoms with Crippen LogP contribution in [0.25, 0.3) is 5.70 Å². The fraction of sp³-hybridized carbons (Fsp3) is 0.561. The Bertz CT molecular complexity index is 2510. The molecule has 2 aromatic rings. The number of carbonyl (C=O) groups excluding carboxylic acids is 8. The van der Waals surface area contributed by atoms with Crippen LogP contribution in [0.1, 0.15) is 77.8 Å². The van der Waals surface area contributed by atoms with E-state index in [4.69, 9.17) is 34.4 Å². The van der Waals surface area contributed by atoms with Gasteiger partial charge in [0.05, 0.1) is 71.2 Å². The normalized spacial score (nSPS) is 15.2. The summed E-state index contributed by atoms with van der Waals surface area (Å²) in [5, 5.41) is 23.6. The summed E-state index contributed by atoms with van der Waals surface area (Å²) in [6.45, 7) is 10.6. The standard InChI is InChI=1S/C57H81F2N9O14/c1-38(2)51(66-47(71)19-24-78-25-26-79-27-28-80-29-30-81-31-32-82-37-63-46(70)18-23-67-48(72)16-17-49(67)73)55(76)65-44(13-9-20-62-56(60)77)54(75)61-21-10-22-68(50(74)36-69)53(57(3,4)5)52-40(33-39-11-7-6-8-12-39)34-45(64-52)42-35-41(58)14-15-43(42)59/h6-8,11-12,14-17,34-35,38,40,44,51,53,69H,9-10,13,18-33,36-37H2,1-5H3,(H,61,75)(H,63,70)(H,65,76)(H,66,71)(H3,60,62,77)/t40?,44-,51-,53?/m0/s1. The number of carbonyl (C=O) groups is 8. The third kappa shape index (κ3) is 23.8. The zero-order chi connectivity index (χ0) is 60.0. The number of primary amides is 1. The van der Waals surface area contributed by atoms with Gasteiger partial charge >= 0.3 is 6.03 Å². The summed E-state index contributed by atoms with van der Waals surface area (Å²) in [5.74, 6) is -5.66. The Balaban J connectivity index is 1.20. The summed E-state index contributed by atoms with van der Waals surface area (Å²) in [6.07, 6.45) is 4.93. The largest absolute Gasteiger partial charge is 0.387 e. The average Bonchev–Trinajstić information content (AvgIpc) is 4.06. The Morgan fingerprint density at radius 2 is 1.37 bits per heavy atom. The maximum Gasteiger partial charge on any atom is 0.312 e. The lowest BCUT2D eigenvalue weighted by Crippen LogP contribution is -2.56. The fourth-order valence-corrected chi connectivity index (χ4v) is 8.85. The molecule has 0 fully saturated rings. The van der Waals surface area contributed by atoms with Crippen molar-refractivity contribution in [1.29, 1.82) is 0 Å². The molecule has 0 saturated heterocycles. The molecule has 25 heteroatoms. The summed E-state index contributed by atoms with van der Waals surface area (Å²) < 4.78 is 56.9. The molecule has 0 aliphatic carbocycles. The van der Waals surface area contributed by atoms with E-state index in [2.05, 4.69) is 26.6 Å². The van der Waals surface area contributed by atoms with Crippen LogP contribution in [0.4, 0.5) is 13.6 Å². The molecule has 8 N–H and O–H groups in total. The van der Waals surface area contributed by atoms with Crippen molar-refractivity contribution in [1.82, 2.24) is 36.4 Å². The summed E-state index contributed by atoms with van der Waals surface area (Å²) in [7, 11) is 0. The third-order valence-electron chi connectivity index (χ3n) is 12.9. The van der Waals surface area contributed by atoms with E-state index >= 15 is 4.39 Å². The number of urea groups is 1. The number of benzene rings is 2. The van der Waals surface area contributed by atoms with E-state index in [9.17, 15) is 47.9 Å². The molecule has 0 radical (unpaired) electrons. The minimum atomic E-state index is -1.11. The van der Waals surface area contributed by atoms with Crippen molar-refractivity contribution in [2.24, 2.45) is 28.0 Å². The van der Waals surface area contributed by atoms with Gasteiger partial charge in [-0.15, -0.1) is 0 Å². The second-order valence-corrected chi connectivity index (χ2v) is 20.7. The molecule has 2 aliphatic heterocycles. The second kappa shape index (κ2) is 35.7. The van der Waals surface area contributed by atoms with Crippen LogP contribution in [-0.2, 0) is 63.7 Å². The molecular formula is C57H81F2N9O14. The van der Waals surface area contributed by atoms with Crippen LogP contribution in [0.2, 0.25) is 0 Å². The topological polar surface area (TPSA) is 308 Å². The van der Waals surface area contributed by atoms with Crippen molar-refractivity contribution in [2.75, 3.05) is 99.0 Å². The van der Waals surface area contributed by atoms with Crippen molar-refractivity contribution in [3.8, 4) is 0 Å². The SMILES string of the molecule is CC(C)[C@H](NC(=O)CCOCCOCCOCCOCCOCNC(=O)CCN1C(=O)C=CC1=O)C(=O)N[C@@H](CCCNC(N)=O)C(=O)NCCCN(C(=O)CO)C(C1=NC(c2cc(F)ccc2F)=CC1Cc1ccccc1)C(C)(C)C. The highest BCUT2D eigenvalue weighted by Gasteiger charge is 2.42. The number of nitrogens with zero attached hydrogens (tertiary/aromatic N) is 3. The summed E-state index contributed by atoms with van der Waals surface area (Å²) >= 11 is 0. The van der Waals surface area contributed by atoms with Gasteiger partial charge in [0.25, 0.3) is 11.8 Å². The van der Waals surface area contributed by atoms with Crippen molar-refractivity contribution >= 4 is 58.8 Å². The first-order chi connectivity index (χ1) is 39.2. The van der Waals surface area contributed by atoms with Crippen LogP contribution < -0.4 is 32.3 Å². The number of nitrogens with one attached hydrogen (secondary N) is 5. The highest BCUT2D eigenvalue weighted by Crippen LogP contribution is 2.37. The molecule has 2 heterocycles. The van der Waals surface area contributed by atoms with Gasteiger partial charge < -0.3 is 66.0 Å². The molecule has 0 saturated carbocycles. The summed E-state index contributed by atoms with van der Waals surface area (Å²) in [4.78, 5) is 108. The molecule has 2 aromatic carbocycles. The first-order valence-electron chi connectivity index (χ1n) is 27.5. The number of amides is 9. The number of allylic oxidation sites excluding steroid dienone is 1. The minimum absolute atomic E-state index is 0.0120. The van der Waals surface area contributed by atoms with Crippen molar-refractivity contribution in [3.63, 3.8) is 0 Å². The number of ether oxygens (including phenoxy) is 5. The molecule has 2 aliphatic rings. The highest BCUT2D eigenvalue weighted by atomic mass is 19.1. The summed E-state index contributed by atoms with van der Waals surface area (Å²) in [5.41, 5.74) is 6.20. The van der Waals surface area contributed by atoms with E-state index in [1.165, 1.54) is 4.90 Å². The van der Waals surface area contributed by atoms with Gasteiger partial charge in [0.2, 0.25) is 29.5 Å². The maximum atomic E-state index is 15.2. The molecule has 9 amide bonds. The Morgan fingerprint density at radius 1 is 0.756 bits per heavy atom. The Morgan fingerprint density at radius 3 is 1.96 bits per heavy atom. The van der Waals surface area contributed by atoms with Crippen molar-refractivity contribution in [2.45, 2.75) is 91.3 Å². The zero-order valence-electron chi connectivity index (χ0n) is 47.5. The molecule has 0 aromatic heterocycles. The number of aliphatic hydroxyl groups is 1. The minimum Gasteiger partial charge on any atom is -0.387 e. The molecule has 4 rings (SSSR count). The van der Waals surface area contributed by atoms with Gasteiger partial charge in [0.1, 0.15) is 37.1 Å². The van der Waals surface area contributed by atoms with Gasteiger partial charge in [-0.25, -0.2) is 13.6 Å². The highest BCUT2D eigenvalue weighted by molar-refractivity contribution is 6.13.